The lowest BCUT2D eigenvalue weighted by atomic mass is 10.2. The molecule has 0 saturated carbocycles. The van der Waals surface area contributed by atoms with E-state index in [-0.39, 0.29) is 19.4 Å². The van der Waals surface area contributed by atoms with Crippen molar-refractivity contribution in [1.29, 1.82) is 0 Å². The standard InChI is InChI=1S/C16H18N2O7/c1-10(19)14(15(22)25-18-12(20)7-8-13(18)21)17-16(23)24-9-11-5-3-2-4-6-11/h2-6,10,14,19H,7-9H2,1H3,(H,17,23)/t10?,14-/m1/s1. The highest BCUT2D eigenvalue weighted by Crippen LogP contribution is 2.13. The number of rotatable bonds is 6. The Balaban J connectivity index is 1.90. The zero-order valence-electron chi connectivity index (χ0n) is 13.5. The molecule has 134 valence electrons. The first-order valence-corrected chi connectivity index (χ1v) is 7.61. The number of ether oxygens (including phenoxy) is 1. The number of aliphatic hydroxyl groups excluding tert-OH is 1. The Morgan fingerprint density at radius 1 is 1.20 bits per heavy atom. The van der Waals surface area contributed by atoms with Gasteiger partial charge in [0.1, 0.15) is 6.61 Å². The zero-order chi connectivity index (χ0) is 18.4. The average Bonchev–Trinajstić information content (AvgIpc) is 2.90. The van der Waals surface area contributed by atoms with Crippen molar-refractivity contribution in [2.75, 3.05) is 0 Å². The summed E-state index contributed by atoms with van der Waals surface area (Å²) in [6, 6.07) is 7.36. The van der Waals surface area contributed by atoms with E-state index < -0.39 is 36.0 Å². The second kappa shape index (κ2) is 8.25. The Kier molecular flexibility index (Phi) is 6.07. The maximum Gasteiger partial charge on any atom is 0.408 e. The topological polar surface area (TPSA) is 122 Å². The van der Waals surface area contributed by atoms with Crippen LogP contribution in [0.2, 0.25) is 0 Å². The van der Waals surface area contributed by atoms with Crippen molar-refractivity contribution >= 4 is 23.9 Å². The van der Waals surface area contributed by atoms with Crippen LogP contribution in [0, 0.1) is 0 Å². The third kappa shape index (κ3) is 5.01. The minimum absolute atomic E-state index is 0.0304. The fourth-order valence-corrected chi connectivity index (χ4v) is 2.07. The number of aliphatic hydroxyl groups is 1. The van der Waals surface area contributed by atoms with Crippen LogP contribution in [0.1, 0.15) is 25.3 Å². The van der Waals surface area contributed by atoms with Crippen LogP contribution in [0.15, 0.2) is 30.3 Å². The van der Waals surface area contributed by atoms with Gasteiger partial charge in [-0.2, -0.15) is 0 Å². The summed E-state index contributed by atoms with van der Waals surface area (Å²) in [6.07, 6.45) is -2.40. The van der Waals surface area contributed by atoms with E-state index >= 15 is 0 Å². The van der Waals surface area contributed by atoms with E-state index in [1.54, 1.807) is 24.3 Å². The number of hydroxylamine groups is 2. The van der Waals surface area contributed by atoms with E-state index in [2.05, 4.69) is 10.2 Å². The van der Waals surface area contributed by atoms with Crippen molar-refractivity contribution in [2.45, 2.75) is 38.5 Å². The Morgan fingerprint density at radius 3 is 2.36 bits per heavy atom. The lowest BCUT2D eigenvalue weighted by molar-refractivity contribution is -0.200. The van der Waals surface area contributed by atoms with Gasteiger partial charge in [0, 0.05) is 12.8 Å². The number of imide groups is 1. The van der Waals surface area contributed by atoms with Crippen LogP contribution in [0.25, 0.3) is 0 Å². The molecule has 1 aliphatic rings. The monoisotopic (exact) mass is 350 g/mol. The highest BCUT2D eigenvalue weighted by Gasteiger charge is 2.36. The molecule has 9 heteroatoms. The molecule has 9 nitrogen and oxygen atoms in total. The van der Waals surface area contributed by atoms with Crippen molar-refractivity contribution in [3.05, 3.63) is 35.9 Å². The number of hydrogen-bond acceptors (Lipinski definition) is 7. The van der Waals surface area contributed by atoms with Crippen molar-refractivity contribution in [3.8, 4) is 0 Å². The molecule has 0 aliphatic carbocycles. The molecule has 2 rings (SSSR count). The largest absolute Gasteiger partial charge is 0.445 e. The summed E-state index contributed by atoms with van der Waals surface area (Å²) >= 11 is 0. The van der Waals surface area contributed by atoms with Gasteiger partial charge >= 0.3 is 12.1 Å². The summed E-state index contributed by atoms with van der Waals surface area (Å²) in [5.74, 6) is -2.46. The zero-order valence-corrected chi connectivity index (χ0v) is 13.5. The number of carbonyl (C=O) groups is 4. The molecule has 1 unspecified atom stereocenters. The van der Waals surface area contributed by atoms with Crippen LogP contribution in [0.3, 0.4) is 0 Å². The second-order valence-corrected chi connectivity index (χ2v) is 5.42. The van der Waals surface area contributed by atoms with Crippen LogP contribution >= 0.6 is 0 Å². The van der Waals surface area contributed by atoms with Gasteiger partial charge in [-0.25, -0.2) is 9.59 Å². The molecule has 1 saturated heterocycles. The first kappa shape index (κ1) is 18.4. The minimum atomic E-state index is -1.50. The number of carbonyl (C=O) groups excluding carboxylic acids is 4. The summed E-state index contributed by atoms with van der Waals surface area (Å²) in [5, 5.41) is 12.2. The molecular weight excluding hydrogens is 332 g/mol. The molecule has 0 aromatic heterocycles. The smallest absolute Gasteiger partial charge is 0.408 e. The molecule has 2 atom stereocenters. The molecule has 1 aliphatic heterocycles. The van der Waals surface area contributed by atoms with Crippen LogP contribution < -0.4 is 5.32 Å². The van der Waals surface area contributed by atoms with Gasteiger partial charge in [0.15, 0.2) is 6.04 Å². The third-order valence-electron chi connectivity index (χ3n) is 3.41. The predicted octanol–water partition coefficient (Wildman–Crippen LogP) is 0.269. The summed E-state index contributed by atoms with van der Waals surface area (Å²) < 4.78 is 4.95. The van der Waals surface area contributed by atoms with Crippen molar-refractivity contribution < 1.29 is 33.9 Å². The van der Waals surface area contributed by atoms with Gasteiger partial charge in [-0.05, 0) is 12.5 Å². The number of benzene rings is 1. The third-order valence-corrected chi connectivity index (χ3v) is 3.41. The van der Waals surface area contributed by atoms with Crippen LogP contribution in [-0.2, 0) is 30.6 Å². The average molecular weight is 350 g/mol. The highest BCUT2D eigenvalue weighted by atomic mass is 16.7. The molecular formula is C16H18N2O7. The molecule has 0 spiro atoms. The molecule has 2 N–H and O–H groups in total. The van der Waals surface area contributed by atoms with Crippen molar-refractivity contribution in [3.63, 3.8) is 0 Å². The Morgan fingerprint density at radius 2 is 1.80 bits per heavy atom. The number of nitrogens with zero attached hydrogens (tertiary/aromatic N) is 1. The minimum Gasteiger partial charge on any atom is -0.445 e. The molecule has 1 aromatic rings. The lowest BCUT2D eigenvalue weighted by Crippen LogP contribution is -2.50. The Labute approximate surface area is 143 Å². The molecule has 0 bridgehead atoms. The molecule has 25 heavy (non-hydrogen) atoms. The Bertz CT molecular complexity index is 644. The van der Waals surface area contributed by atoms with Gasteiger partial charge < -0.3 is 20.0 Å². The van der Waals surface area contributed by atoms with Gasteiger partial charge in [-0.15, -0.1) is 5.06 Å². The number of amides is 3. The lowest BCUT2D eigenvalue weighted by Gasteiger charge is -2.21. The Hall–Kier alpha value is -2.94. The molecule has 1 aromatic carbocycles. The van der Waals surface area contributed by atoms with Gasteiger partial charge in [-0.3, -0.25) is 9.59 Å². The SMILES string of the molecule is CC(O)[C@@H](NC(=O)OCc1ccccc1)C(=O)ON1C(=O)CCC1=O. The van der Waals surface area contributed by atoms with Crippen molar-refractivity contribution in [2.24, 2.45) is 0 Å². The quantitative estimate of drug-likeness (QED) is 0.706. The first-order chi connectivity index (χ1) is 11.9. The normalized spacial score (nSPS) is 16.3. The summed E-state index contributed by atoms with van der Waals surface area (Å²) in [7, 11) is 0. The molecule has 1 fully saturated rings. The van der Waals surface area contributed by atoms with Crippen LogP contribution in [0.5, 0.6) is 0 Å². The summed E-state index contributed by atoms with van der Waals surface area (Å²) in [5.41, 5.74) is 0.738. The number of hydrogen-bond donors (Lipinski definition) is 2. The second-order valence-electron chi connectivity index (χ2n) is 5.42. The van der Waals surface area contributed by atoms with E-state index in [0.717, 1.165) is 5.56 Å². The fraction of sp³-hybridized carbons (Fsp3) is 0.375. The first-order valence-electron chi connectivity index (χ1n) is 7.61. The molecule has 3 amide bonds. The van der Waals surface area contributed by atoms with Crippen LogP contribution in [-0.4, -0.2) is 46.2 Å². The predicted molar refractivity (Wildman–Crippen MR) is 82.4 cm³/mol. The summed E-state index contributed by atoms with van der Waals surface area (Å²) in [6.45, 7) is 1.22. The fourth-order valence-electron chi connectivity index (χ4n) is 2.07. The number of alkyl carbamates (subject to hydrolysis) is 1. The van der Waals surface area contributed by atoms with Gasteiger partial charge in [0.2, 0.25) is 0 Å². The van der Waals surface area contributed by atoms with Crippen LogP contribution in [0.4, 0.5) is 4.79 Å². The maximum absolute atomic E-state index is 12.0. The van der Waals surface area contributed by atoms with E-state index in [9.17, 15) is 24.3 Å². The van der Waals surface area contributed by atoms with E-state index in [1.807, 2.05) is 6.07 Å². The molecule has 1 heterocycles. The van der Waals surface area contributed by atoms with Crippen molar-refractivity contribution in [1.82, 2.24) is 10.4 Å². The van der Waals surface area contributed by atoms with E-state index in [4.69, 9.17) is 4.74 Å². The highest BCUT2D eigenvalue weighted by molar-refractivity contribution is 6.01. The number of nitrogens with one attached hydrogen (secondary N) is 1. The van der Waals surface area contributed by atoms with E-state index in [1.165, 1.54) is 6.92 Å². The van der Waals surface area contributed by atoms with E-state index in [0.29, 0.717) is 5.06 Å². The van der Waals surface area contributed by atoms with Gasteiger partial charge in [-0.1, -0.05) is 30.3 Å². The van der Waals surface area contributed by atoms with Gasteiger partial charge in [0.05, 0.1) is 6.10 Å². The maximum atomic E-state index is 12.0. The summed E-state index contributed by atoms with van der Waals surface area (Å²) in [4.78, 5) is 51.4. The van der Waals surface area contributed by atoms with Gasteiger partial charge in [0.25, 0.3) is 11.8 Å². The molecule has 0 radical (unpaired) electrons.